The SMILES string of the molecule is CC(C)C1C(=O)NCC(=O)N1CC1CN(C)CCN1C. The van der Waals surface area contributed by atoms with Gasteiger partial charge in [-0.1, -0.05) is 13.8 Å². The number of hydrogen-bond donors (Lipinski definition) is 1. The lowest BCUT2D eigenvalue weighted by Gasteiger charge is -2.44. The van der Waals surface area contributed by atoms with Gasteiger partial charge >= 0.3 is 0 Å². The second kappa shape index (κ2) is 6.10. The average molecular weight is 282 g/mol. The van der Waals surface area contributed by atoms with E-state index in [0.29, 0.717) is 12.6 Å². The average Bonchev–Trinajstić information content (AvgIpc) is 2.37. The number of likely N-dealkylation sites (N-methyl/N-ethyl adjacent to an activating group) is 2. The molecule has 0 radical (unpaired) electrons. The lowest BCUT2D eigenvalue weighted by atomic mass is 9.98. The molecule has 0 aromatic heterocycles. The van der Waals surface area contributed by atoms with Crippen LogP contribution < -0.4 is 5.32 Å². The van der Waals surface area contributed by atoms with E-state index in [9.17, 15) is 9.59 Å². The summed E-state index contributed by atoms with van der Waals surface area (Å²) in [5, 5.41) is 2.70. The molecule has 0 aliphatic carbocycles. The maximum absolute atomic E-state index is 12.2. The molecule has 0 saturated carbocycles. The van der Waals surface area contributed by atoms with Crippen LogP contribution in [0.1, 0.15) is 13.8 Å². The maximum Gasteiger partial charge on any atom is 0.243 e. The molecular weight excluding hydrogens is 256 g/mol. The Labute approximate surface area is 121 Å². The fraction of sp³-hybridized carbons (Fsp3) is 0.857. The summed E-state index contributed by atoms with van der Waals surface area (Å²) in [6.07, 6.45) is 0. The van der Waals surface area contributed by atoms with Gasteiger partial charge in [0.1, 0.15) is 6.04 Å². The van der Waals surface area contributed by atoms with Gasteiger partial charge in [0, 0.05) is 32.2 Å². The number of hydrogen-bond acceptors (Lipinski definition) is 4. The third kappa shape index (κ3) is 3.12. The van der Waals surface area contributed by atoms with E-state index in [2.05, 4.69) is 29.2 Å². The summed E-state index contributed by atoms with van der Waals surface area (Å²) >= 11 is 0. The lowest BCUT2D eigenvalue weighted by molar-refractivity contribution is -0.148. The first-order chi connectivity index (χ1) is 9.40. The Hall–Kier alpha value is -1.14. The number of amides is 2. The van der Waals surface area contributed by atoms with E-state index >= 15 is 0 Å². The Morgan fingerprint density at radius 1 is 1.25 bits per heavy atom. The minimum Gasteiger partial charge on any atom is -0.345 e. The summed E-state index contributed by atoms with van der Waals surface area (Å²) in [7, 11) is 4.20. The molecule has 2 atom stereocenters. The molecule has 6 heteroatoms. The van der Waals surface area contributed by atoms with Gasteiger partial charge in [-0.05, 0) is 20.0 Å². The molecule has 0 bridgehead atoms. The zero-order chi connectivity index (χ0) is 14.9. The summed E-state index contributed by atoms with van der Waals surface area (Å²) < 4.78 is 0. The molecular formula is C14H26N4O2. The second-order valence-electron chi connectivity index (χ2n) is 6.35. The predicted octanol–water partition coefficient (Wildman–Crippen LogP) is -0.785. The van der Waals surface area contributed by atoms with Gasteiger partial charge in [-0.3, -0.25) is 14.5 Å². The molecule has 2 aliphatic heterocycles. The summed E-state index contributed by atoms with van der Waals surface area (Å²) in [5.74, 6) is 0.141. The molecule has 114 valence electrons. The molecule has 1 N–H and O–H groups in total. The Morgan fingerprint density at radius 3 is 2.60 bits per heavy atom. The Kier molecular flexibility index (Phi) is 4.65. The molecule has 2 unspecified atom stereocenters. The highest BCUT2D eigenvalue weighted by Crippen LogP contribution is 2.17. The highest BCUT2D eigenvalue weighted by Gasteiger charge is 2.38. The van der Waals surface area contributed by atoms with E-state index in [1.165, 1.54) is 0 Å². The summed E-state index contributed by atoms with van der Waals surface area (Å²) in [6, 6.07) is -0.0401. The number of piperazine rings is 2. The van der Waals surface area contributed by atoms with E-state index in [0.717, 1.165) is 19.6 Å². The van der Waals surface area contributed by atoms with Gasteiger partial charge in [0.15, 0.2) is 0 Å². The summed E-state index contributed by atoms with van der Waals surface area (Å²) in [5.41, 5.74) is 0. The minimum atomic E-state index is -0.336. The Bertz CT molecular complexity index is 385. The van der Waals surface area contributed by atoms with Crippen LogP contribution in [0.4, 0.5) is 0 Å². The van der Waals surface area contributed by atoms with Gasteiger partial charge in [0.25, 0.3) is 0 Å². The maximum atomic E-state index is 12.2. The molecule has 2 aliphatic rings. The van der Waals surface area contributed by atoms with Crippen molar-refractivity contribution in [3.05, 3.63) is 0 Å². The van der Waals surface area contributed by atoms with Crippen molar-refractivity contribution in [2.45, 2.75) is 25.9 Å². The lowest BCUT2D eigenvalue weighted by Crippen LogP contribution is -2.64. The van der Waals surface area contributed by atoms with Crippen molar-refractivity contribution in [2.24, 2.45) is 5.92 Å². The van der Waals surface area contributed by atoms with Crippen LogP contribution in [0, 0.1) is 5.92 Å². The van der Waals surface area contributed by atoms with Gasteiger partial charge in [0.05, 0.1) is 6.54 Å². The van der Waals surface area contributed by atoms with Gasteiger partial charge in [-0.25, -0.2) is 0 Å². The van der Waals surface area contributed by atoms with Crippen LogP contribution in [-0.2, 0) is 9.59 Å². The highest BCUT2D eigenvalue weighted by molar-refractivity contribution is 5.95. The smallest absolute Gasteiger partial charge is 0.243 e. The molecule has 0 spiro atoms. The van der Waals surface area contributed by atoms with Crippen molar-refractivity contribution in [3.8, 4) is 0 Å². The van der Waals surface area contributed by atoms with Crippen LogP contribution >= 0.6 is 0 Å². The standard InChI is InChI=1S/C14H26N4O2/c1-10(2)13-14(20)15-7-12(19)18(13)9-11-8-16(3)5-6-17(11)4/h10-11,13H,5-9H2,1-4H3,(H,15,20). The number of rotatable bonds is 3. The van der Waals surface area contributed by atoms with E-state index in [1.54, 1.807) is 4.90 Å². The van der Waals surface area contributed by atoms with E-state index in [1.807, 2.05) is 13.8 Å². The number of carbonyl (C=O) groups excluding carboxylic acids is 2. The zero-order valence-corrected chi connectivity index (χ0v) is 12.9. The first kappa shape index (κ1) is 15.3. The first-order valence-electron chi connectivity index (χ1n) is 7.36. The fourth-order valence-corrected chi connectivity index (χ4v) is 3.07. The van der Waals surface area contributed by atoms with Crippen molar-refractivity contribution in [1.82, 2.24) is 20.0 Å². The zero-order valence-electron chi connectivity index (χ0n) is 12.9. The van der Waals surface area contributed by atoms with Crippen LogP contribution in [0.3, 0.4) is 0 Å². The third-order valence-electron chi connectivity index (χ3n) is 4.36. The Balaban J connectivity index is 2.11. The molecule has 2 saturated heterocycles. The van der Waals surface area contributed by atoms with Gasteiger partial charge < -0.3 is 15.1 Å². The molecule has 0 aromatic rings. The monoisotopic (exact) mass is 282 g/mol. The molecule has 2 amide bonds. The quantitative estimate of drug-likeness (QED) is 0.737. The predicted molar refractivity (Wildman–Crippen MR) is 77.3 cm³/mol. The largest absolute Gasteiger partial charge is 0.345 e. The van der Waals surface area contributed by atoms with Crippen LogP contribution in [0.25, 0.3) is 0 Å². The molecule has 2 heterocycles. The number of nitrogens with one attached hydrogen (secondary N) is 1. The van der Waals surface area contributed by atoms with Gasteiger partial charge in [-0.15, -0.1) is 0 Å². The highest BCUT2D eigenvalue weighted by atomic mass is 16.2. The summed E-state index contributed by atoms with van der Waals surface area (Å²) in [4.78, 5) is 30.6. The van der Waals surface area contributed by atoms with Crippen LogP contribution in [0.15, 0.2) is 0 Å². The van der Waals surface area contributed by atoms with Crippen molar-refractivity contribution >= 4 is 11.8 Å². The fourth-order valence-electron chi connectivity index (χ4n) is 3.07. The molecule has 6 nitrogen and oxygen atoms in total. The van der Waals surface area contributed by atoms with E-state index in [-0.39, 0.29) is 30.3 Å². The van der Waals surface area contributed by atoms with Crippen molar-refractivity contribution < 1.29 is 9.59 Å². The normalized spacial score (nSPS) is 29.9. The van der Waals surface area contributed by atoms with Crippen molar-refractivity contribution in [1.29, 1.82) is 0 Å². The van der Waals surface area contributed by atoms with Crippen LogP contribution in [-0.4, -0.2) is 85.4 Å². The third-order valence-corrected chi connectivity index (χ3v) is 4.36. The van der Waals surface area contributed by atoms with Crippen LogP contribution in [0.5, 0.6) is 0 Å². The molecule has 2 fully saturated rings. The van der Waals surface area contributed by atoms with E-state index < -0.39 is 0 Å². The van der Waals surface area contributed by atoms with Crippen molar-refractivity contribution in [2.75, 3.05) is 46.8 Å². The molecule has 20 heavy (non-hydrogen) atoms. The van der Waals surface area contributed by atoms with E-state index in [4.69, 9.17) is 0 Å². The second-order valence-corrected chi connectivity index (χ2v) is 6.35. The van der Waals surface area contributed by atoms with Crippen LogP contribution in [0.2, 0.25) is 0 Å². The minimum absolute atomic E-state index is 0.0218. The Morgan fingerprint density at radius 2 is 1.95 bits per heavy atom. The number of carbonyl (C=O) groups is 2. The van der Waals surface area contributed by atoms with Gasteiger partial charge in [0.2, 0.25) is 11.8 Å². The first-order valence-corrected chi connectivity index (χ1v) is 7.36. The molecule has 0 aromatic carbocycles. The molecule has 2 rings (SSSR count). The number of nitrogens with zero attached hydrogens (tertiary/aromatic N) is 3. The van der Waals surface area contributed by atoms with Crippen molar-refractivity contribution in [3.63, 3.8) is 0 Å². The topological polar surface area (TPSA) is 55.9 Å². The summed E-state index contributed by atoms with van der Waals surface area (Å²) in [6.45, 7) is 7.74. The van der Waals surface area contributed by atoms with Gasteiger partial charge in [-0.2, -0.15) is 0 Å².